The summed E-state index contributed by atoms with van der Waals surface area (Å²) < 4.78 is 11.9. The molecule has 4 heteroatoms. The predicted molar refractivity (Wildman–Crippen MR) is 128 cm³/mol. The molecule has 2 bridgehead atoms. The molecule has 2 aromatic rings. The van der Waals surface area contributed by atoms with Gasteiger partial charge in [-0.15, -0.1) is 0 Å². The number of carbonyl (C=O) groups is 1. The maximum absolute atomic E-state index is 13.1. The van der Waals surface area contributed by atoms with E-state index < -0.39 is 0 Å². The number of carbonyl (C=O) groups excluding carboxylic acids is 1. The topological polar surface area (TPSA) is 38.8 Å². The molecule has 2 aliphatic rings. The molecular formula is C28H37NO3. The molecule has 0 N–H and O–H groups in total. The van der Waals surface area contributed by atoms with Crippen molar-refractivity contribution >= 4 is 5.91 Å². The molecule has 1 aliphatic carbocycles. The number of rotatable bonds is 3. The lowest BCUT2D eigenvalue weighted by atomic mass is 9.96. The van der Waals surface area contributed by atoms with Crippen LogP contribution in [0.4, 0.5) is 0 Å². The Bertz CT molecular complexity index is 901. The first-order chi connectivity index (χ1) is 15.6. The van der Waals surface area contributed by atoms with E-state index in [1.165, 1.54) is 47.9 Å². The minimum Gasteiger partial charge on any atom is -0.491 e. The number of nitrogens with zero attached hydrogens (tertiary/aromatic N) is 1. The SMILES string of the molecule is CC(C)c1ccc2c(c1)Cc1cccc(c1)CN(C(=O)CC1CCCC1)CCOCCO2. The first-order valence-electron chi connectivity index (χ1n) is 12.3. The van der Waals surface area contributed by atoms with Crippen LogP contribution in [-0.2, 0) is 22.5 Å². The number of hydrogen-bond donors (Lipinski definition) is 0. The predicted octanol–water partition coefficient (Wildman–Crippen LogP) is 5.72. The Morgan fingerprint density at radius 2 is 1.84 bits per heavy atom. The monoisotopic (exact) mass is 435 g/mol. The van der Waals surface area contributed by atoms with Crippen molar-refractivity contribution in [1.82, 2.24) is 4.90 Å². The van der Waals surface area contributed by atoms with Gasteiger partial charge < -0.3 is 14.4 Å². The molecule has 0 atom stereocenters. The molecule has 1 fully saturated rings. The zero-order valence-corrected chi connectivity index (χ0v) is 19.6. The first kappa shape index (κ1) is 22.8. The van der Waals surface area contributed by atoms with Crippen LogP contribution in [0, 0.1) is 5.92 Å². The largest absolute Gasteiger partial charge is 0.491 e. The van der Waals surface area contributed by atoms with E-state index in [9.17, 15) is 4.79 Å². The molecule has 172 valence electrons. The number of fused-ring (bicyclic) bond motifs is 3. The lowest BCUT2D eigenvalue weighted by molar-refractivity contribution is -0.133. The summed E-state index contributed by atoms with van der Waals surface area (Å²) in [6.45, 7) is 7.31. The van der Waals surface area contributed by atoms with E-state index >= 15 is 0 Å². The van der Waals surface area contributed by atoms with Crippen molar-refractivity contribution in [3.8, 4) is 5.75 Å². The molecule has 0 radical (unpaired) electrons. The van der Waals surface area contributed by atoms with Crippen LogP contribution in [0.15, 0.2) is 42.5 Å². The van der Waals surface area contributed by atoms with Gasteiger partial charge >= 0.3 is 0 Å². The van der Waals surface area contributed by atoms with Gasteiger partial charge in [-0.05, 0) is 53.0 Å². The molecule has 1 aliphatic heterocycles. The molecule has 4 nitrogen and oxygen atoms in total. The van der Waals surface area contributed by atoms with Crippen LogP contribution < -0.4 is 4.74 Å². The molecule has 32 heavy (non-hydrogen) atoms. The minimum absolute atomic E-state index is 0.265. The average molecular weight is 436 g/mol. The van der Waals surface area contributed by atoms with Crippen molar-refractivity contribution < 1.29 is 14.3 Å². The fraction of sp³-hybridized carbons (Fsp3) is 0.536. The van der Waals surface area contributed by atoms with E-state index in [0.29, 0.717) is 51.2 Å². The standard InChI is InChI=1S/C28H37NO3/c1-21(2)25-10-11-27-26(19-25)17-23-8-5-9-24(16-23)20-29(12-13-31-14-15-32-27)28(30)18-22-6-3-4-7-22/h5,8-11,16,19,21-22H,3-4,6-7,12-15,17-18,20H2,1-2H3. The quantitative estimate of drug-likeness (QED) is 0.619. The van der Waals surface area contributed by atoms with Gasteiger partial charge in [0.2, 0.25) is 5.91 Å². The Kier molecular flexibility index (Phi) is 7.85. The molecule has 0 aromatic heterocycles. The van der Waals surface area contributed by atoms with Crippen LogP contribution in [0.25, 0.3) is 0 Å². The maximum atomic E-state index is 13.1. The van der Waals surface area contributed by atoms with Gasteiger partial charge in [0, 0.05) is 25.9 Å². The number of benzene rings is 2. The minimum atomic E-state index is 0.265. The van der Waals surface area contributed by atoms with Crippen molar-refractivity contribution in [2.24, 2.45) is 5.92 Å². The van der Waals surface area contributed by atoms with Gasteiger partial charge in [0.25, 0.3) is 0 Å². The summed E-state index contributed by atoms with van der Waals surface area (Å²) in [6, 6.07) is 15.2. The first-order valence-corrected chi connectivity index (χ1v) is 12.3. The van der Waals surface area contributed by atoms with Gasteiger partial charge in [-0.3, -0.25) is 4.79 Å². The van der Waals surface area contributed by atoms with E-state index in [1.807, 2.05) is 4.90 Å². The molecule has 2 aromatic carbocycles. The third-order valence-corrected chi connectivity index (χ3v) is 6.79. The molecule has 1 heterocycles. The highest BCUT2D eigenvalue weighted by Crippen LogP contribution is 2.29. The summed E-state index contributed by atoms with van der Waals surface area (Å²) in [5, 5.41) is 0. The van der Waals surface area contributed by atoms with Crippen LogP contribution in [-0.4, -0.2) is 37.2 Å². The Morgan fingerprint density at radius 1 is 1.03 bits per heavy atom. The Hall–Kier alpha value is -2.33. The molecule has 4 rings (SSSR count). The molecule has 0 saturated heterocycles. The normalized spacial score (nSPS) is 18.2. The number of hydrogen-bond acceptors (Lipinski definition) is 3. The molecule has 0 spiro atoms. The second-order valence-electron chi connectivity index (χ2n) is 9.65. The van der Waals surface area contributed by atoms with Gasteiger partial charge in [-0.1, -0.05) is 63.1 Å². The molecule has 0 unspecified atom stereocenters. The number of ether oxygens (including phenoxy) is 2. The smallest absolute Gasteiger partial charge is 0.223 e. The zero-order valence-electron chi connectivity index (χ0n) is 19.6. The van der Waals surface area contributed by atoms with Gasteiger partial charge in [0.1, 0.15) is 12.4 Å². The number of amides is 1. The molecule has 1 amide bonds. The molecular weight excluding hydrogens is 398 g/mol. The lowest BCUT2D eigenvalue weighted by Crippen LogP contribution is -2.34. The fourth-order valence-electron chi connectivity index (χ4n) is 4.89. The van der Waals surface area contributed by atoms with E-state index in [4.69, 9.17) is 9.47 Å². The van der Waals surface area contributed by atoms with Crippen molar-refractivity contribution in [2.75, 3.05) is 26.4 Å². The third-order valence-electron chi connectivity index (χ3n) is 6.79. The zero-order chi connectivity index (χ0) is 22.3. The van der Waals surface area contributed by atoms with Crippen LogP contribution in [0.5, 0.6) is 5.75 Å². The van der Waals surface area contributed by atoms with Crippen LogP contribution in [0.2, 0.25) is 0 Å². The van der Waals surface area contributed by atoms with E-state index in [-0.39, 0.29) is 5.91 Å². The highest BCUT2D eigenvalue weighted by atomic mass is 16.5. The lowest BCUT2D eigenvalue weighted by Gasteiger charge is -2.25. The summed E-state index contributed by atoms with van der Waals surface area (Å²) in [5.41, 5.74) is 4.97. The van der Waals surface area contributed by atoms with Crippen molar-refractivity contribution in [2.45, 2.75) is 64.8 Å². The second-order valence-corrected chi connectivity index (χ2v) is 9.65. The van der Waals surface area contributed by atoms with E-state index in [1.54, 1.807) is 0 Å². The third kappa shape index (κ3) is 6.13. The highest BCUT2D eigenvalue weighted by molar-refractivity contribution is 5.76. The summed E-state index contributed by atoms with van der Waals surface area (Å²) in [7, 11) is 0. The highest BCUT2D eigenvalue weighted by Gasteiger charge is 2.22. The van der Waals surface area contributed by atoms with E-state index in [2.05, 4.69) is 56.3 Å². The van der Waals surface area contributed by atoms with Crippen molar-refractivity contribution in [3.05, 3.63) is 64.7 Å². The average Bonchev–Trinajstić information content (AvgIpc) is 3.28. The fourth-order valence-corrected chi connectivity index (χ4v) is 4.89. The summed E-state index contributed by atoms with van der Waals surface area (Å²) in [6.07, 6.45) is 6.42. The maximum Gasteiger partial charge on any atom is 0.223 e. The van der Waals surface area contributed by atoms with E-state index in [0.717, 1.165) is 12.2 Å². The van der Waals surface area contributed by atoms with Crippen LogP contribution in [0.1, 0.15) is 74.1 Å². The summed E-state index contributed by atoms with van der Waals surface area (Å²) in [4.78, 5) is 15.1. The van der Waals surface area contributed by atoms with Crippen LogP contribution >= 0.6 is 0 Å². The van der Waals surface area contributed by atoms with Gasteiger partial charge in [0.05, 0.1) is 13.2 Å². The van der Waals surface area contributed by atoms with Crippen molar-refractivity contribution in [1.29, 1.82) is 0 Å². The van der Waals surface area contributed by atoms with Gasteiger partial charge in [-0.2, -0.15) is 0 Å². The molecule has 1 saturated carbocycles. The Morgan fingerprint density at radius 3 is 2.66 bits per heavy atom. The summed E-state index contributed by atoms with van der Waals surface area (Å²) >= 11 is 0. The van der Waals surface area contributed by atoms with Crippen LogP contribution in [0.3, 0.4) is 0 Å². The van der Waals surface area contributed by atoms with Gasteiger partial charge in [0.15, 0.2) is 0 Å². The Labute approximate surface area is 192 Å². The Balaban J connectivity index is 1.56. The summed E-state index contributed by atoms with van der Waals surface area (Å²) in [5.74, 6) is 2.24. The van der Waals surface area contributed by atoms with Crippen molar-refractivity contribution in [3.63, 3.8) is 0 Å². The van der Waals surface area contributed by atoms with Gasteiger partial charge in [-0.25, -0.2) is 0 Å². The second kappa shape index (κ2) is 11.0.